The number of rotatable bonds is 6. The molecule has 1 amide bonds. The molecule has 29 heavy (non-hydrogen) atoms. The Morgan fingerprint density at radius 3 is 2.59 bits per heavy atom. The summed E-state index contributed by atoms with van der Waals surface area (Å²) in [6.07, 6.45) is -3.49. The van der Waals surface area contributed by atoms with Crippen LogP contribution in [0.15, 0.2) is 41.6 Å². The zero-order chi connectivity index (χ0) is 21.0. The maximum absolute atomic E-state index is 14.3. The van der Waals surface area contributed by atoms with E-state index in [1.807, 2.05) is 0 Å². The van der Waals surface area contributed by atoms with Crippen LogP contribution in [0.25, 0.3) is 0 Å². The Bertz CT molecular complexity index is 909. The van der Waals surface area contributed by atoms with Crippen LogP contribution < -0.4 is 5.32 Å². The molecule has 0 heterocycles. The van der Waals surface area contributed by atoms with E-state index in [2.05, 4.69) is 16.5 Å². The van der Waals surface area contributed by atoms with Gasteiger partial charge in [-0.2, -0.15) is 13.2 Å². The highest BCUT2D eigenvalue weighted by molar-refractivity contribution is 6.09. The SMILES string of the molecule is O=C(Cc1[c]cccc1)N/C(=N\OCC1CC1)c1c(C(F)(F)F)ccc(F)c1F. The van der Waals surface area contributed by atoms with Crippen LogP contribution in [0.2, 0.25) is 0 Å². The molecule has 3 rings (SSSR count). The number of halogens is 5. The second-order valence-corrected chi connectivity index (χ2v) is 6.57. The fourth-order valence-corrected chi connectivity index (χ4v) is 2.53. The predicted octanol–water partition coefficient (Wildman–Crippen LogP) is 4.23. The molecule has 0 saturated heterocycles. The van der Waals surface area contributed by atoms with Crippen LogP contribution in [0.1, 0.15) is 29.5 Å². The smallest absolute Gasteiger partial charge is 0.394 e. The number of nitrogens with one attached hydrogen (secondary N) is 1. The van der Waals surface area contributed by atoms with Crippen molar-refractivity contribution in [3.05, 3.63) is 70.8 Å². The molecule has 2 aromatic carbocycles. The van der Waals surface area contributed by atoms with Gasteiger partial charge in [-0.25, -0.2) is 8.78 Å². The minimum atomic E-state index is -5.00. The summed E-state index contributed by atoms with van der Waals surface area (Å²) in [7, 11) is 0. The van der Waals surface area contributed by atoms with E-state index in [9.17, 15) is 26.7 Å². The Kier molecular flexibility index (Phi) is 6.14. The summed E-state index contributed by atoms with van der Waals surface area (Å²) in [4.78, 5) is 17.3. The molecular formula is C20H16F5N2O2. The first-order chi connectivity index (χ1) is 13.8. The van der Waals surface area contributed by atoms with E-state index < -0.39 is 40.7 Å². The number of amidine groups is 1. The van der Waals surface area contributed by atoms with Gasteiger partial charge in [0.25, 0.3) is 0 Å². The minimum absolute atomic E-state index is 0.101. The molecule has 0 unspecified atom stereocenters. The number of alkyl halides is 3. The van der Waals surface area contributed by atoms with Gasteiger partial charge in [0.05, 0.1) is 17.5 Å². The summed E-state index contributed by atoms with van der Waals surface area (Å²) in [5.41, 5.74) is -2.23. The predicted molar refractivity (Wildman–Crippen MR) is 93.7 cm³/mol. The Balaban J connectivity index is 1.93. The van der Waals surface area contributed by atoms with Gasteiger partial charge in [0.2, 0.25) is 5.91 Å². The molecule has 0 spiro atoms. The number of nitrogens with zero attached hydrogens (tertiary/aromatic N) is 1. The van der Waals surface area contributed by atoms with Crippen molar-refractivity contribution >= 4 is 11.7 Å². The lowest BCUT2D eigenvalue weighted by molar-refractivity contribution is -0.138. The number of carbonyl (C=O) groups excluding carboxylic acids is 1. The molecule has 0 bridgehead atoms. The molecule has 1 aliphatic rings. The van der Waals surface area contributed by atoms with E-state index in [-0.39, 0.29) is 18.9 Å². The summed E-state index contributed by atoms with van der Waals surface area (Å²) in [6.45, 7) is 0.101. The number of hydrogen-bond donors (Lipinski definition) is 1. The number of carbonyl (C=O) groups is 1. The Hall–Kier alpha value is -2.97. The van der Waals surface area contributed by atoms with Crippen molar-refractivity contribution in [1.29, 1.82) is 0 Å². The topological polar surface area (TPSA) is 50.7 Å². The highest BCUT2D eigenvalue weighted by Crippen LogP contribution is 2.34. The minimum Gasteiger partial charge on any atom is -0.394 e. The number of oxime groups is 1. The van der Waals surface area contributed by atoms with E-state index in [0.29, 0.717) is 17.7 Å². The highest BCUT2D eigenvalue weighted by Gasteiger charge is 2.38. The summed E-state index contributed by atoms with van der Waals surface area (Å²) in [5, 5.41) is 5.62. The van der Waals surface area contributed by atoms with Crippen LogP contribution in [-0.2, 0) is 22.2 Å². The Labute approximate surface area is 163 Å². The molecule has 4 nitrogen and oxygen atoms in total. The van der Waals surface area contributed by atoms with Crippen LogP contribution in [-0.4, -0.2) is 18.3 Å². The van der Waals surface area contributed by atoms with E-state index in [1.54, 1.807) is 24.3 Å². The van der Waals surface area contributed by atoms with E-state index >= 15 is 0 Å². The standard InChI is InChI=1S/C20H16F5N2O2/c21-15-9-8-14(20(23,24)25)17(18(15)22)19(27-29-11-13-6-7-13)26-16(28)10-12-4-2-1-3-5-12/h1-4,8-9,13H,6-7,10-11H2,(H,26,27,28). The third kappa shape index (κ3) is 5.52. The molecule has 1 aliphatic carbocycles. The van der Waals surface area contributed by atoms with Gasteiger partial charge in [-0.1, -0.05) is 29.4 Å². The van der Waals surface area contributed by atoms with Gasteiger partial charge in [0.1, 0.15) is 6.61 Å². The van der Waals surface area contributed by atoms with Gasteiger partial charge < -0.3 is 10.2 Å². The maximum Gasteiger partial charge on any atom is 0.417 e. The Morgan fingerprint density at radius 1 is 1.21 bits per heavy atom. The third-order valence-electron chi connectivity index (χ3n) is 4.18. The first kappa shape index (κ1) is 20.8. The molecule has 2 aromatic rings. The fourth-order valence-electron chi connectivity index (χ4n) is 2.53. The average molecular weight is 411 g/mol. The van der Waals surface area contributed by atoms with E-state index in [1.165, 1.54) is 0 Å². The second-order valence-electron chi connectivity index (χ2n) is 6.57. The molecule has 9 heteroatoms. The first-order valence-corrected chi connectivity index (χ1v) is 8.76. The Morgan fingerprint density at radius 2 is 1.97 bits per heavy atom. The van der Waals surface area contributed by atoms with Crippen LogP contribution in [0.3, 0.4) is 0 Å². The maximum atomic E-state index is 14.3. The molecule has 1 saturated carbocycles. The molecule has 153 valence electrons. The lowest BCUT2D eigenvalue weighted by atomic mass is 10.0. The highest BCUT2D eigenvalue weighted by atomic mass is 19.4. The van der Waals surface area contributed by atoms with Gasteiger partial charge in [0, 0.05) is 0 Å². The van der Waals surface area contributed by atoms with Crippen molar-refractivity contribution in [1.82, 2.24) is 5.32 Å². The first-order valence-electron chi connectivity index (χ1n) is 8.76. The summed E-state index contributed by atoms with van der Waals surface area (Å²) >= 11 is 0. The van der Waals surface area contributed by atoms with Gasteiger partial charge in [-0.3, -0.25) is 4.79 Å². The fraction of sp³-hybridized carbons (Fsp3) is 0.300. The van der Waals surface area contributed by atoms with Crippen LogP contribution in [0, 0.1) is 23.6 Å². The zero-order valence-corrected chi connectivity index (χ0v) is 15.0. The van der Waals surface area contributed by atoms with Gasteiger partial charge >= 0.3 is 6.18 Å². The molecule has 0 aromatic heterocycles. The van der Waals surface area contributed by atoms with Crippen LogP contribution in [0.5, 0.6) is 0 Å². The normalized spacial score (nSPS) is 14.6. The van der Waals surface area contributed by atoms with Gasteiger partial charge in [-0.15, -0.1) is 0 Å². The lowest BCUT2D eigenvalue weighted by Crippen LogP contribution is -2.35. The van der Waals surface area contributed by atoms with E-state index in [4.69, 9.17) is 4.84 Å². The van der Waals surface area contributed by atoms with Crippen molar-refractivity contribution in [3.63, 3.8) is 0 Å². The van der Waals surface area contributed by atoms with Crippen molar-refractivity contribution in [2.75, 3.05) is 6.61 Å². The quantitative estimate of drug-likeness (QED) is 0.335. The van der Waals surface area contributed by atoms with Crippen molar-refractivity contribution < 1.29 is 31.6 Å². The zero-order valence-electron chi connectivity index (χ0n) is 15.0. The average Bonchev–Trinajstić information content (AvgIpc) is 3.47. The van der Waals surface area contributed by atoms with Crippen LogP contribution >= 0.6 is 0 Å². The number of benzene rings is 2. The number of hydrogen-bond acceptors (Lipinski definition) is 3. The molecular weight excluding hydrogens is 395 g/mol. The summed E-state index contributed by atoms with van der Waals surface area (Å²) in [6, 6.07) is 10.0. The van der Waals surface area contributed by atoms with E-state index in [0.717, 1.165) is 12.8 Å². The van der Waals surface area contributed by atoms with Gasteiger partial charge in [0.15, 0.2) is 17.5 Å². The molecule has 1 fully saturated rings. The van der Waals surface area contributed by atoms with Crippen molar-refractivity contribution in [3.8, 4) is 0 Å². The second kappa shape index (κ2) is 8.59. The molecule has 0 atom stereocenters. The monoisotopic (exact) mass is 411 g/mol. The largest absolute Gasteiger partial charge is 0.417 e. The van der Waals surface area contributed by atoms with Crippen molar-refractivity contribution in [2.45, 2.75) is 25.4 Å². The molecule has 1 radical (unpaired) electrons. The third-order valence-corrected chi connectivity index (χ3v) is 4.18. The van der Waals surface area contributed by atoms with Gasteiger partial charge in [-0.05, 0) is 42.5 Å². The molecule has 0 aliphatic heterocycles. The molecule has 1 N–H and O–H groups in total. The summed E-state index contributed by atoms with van der Waals surface area (Å²) in [5.74, 6) is -4.70. The van der Waals surface area contributed by atoms with Crippen molar-refractivity contribution in [2.24, 2.45) is 11.1 Å². The lowest BCUT2D eigenvalue weighted by Gasteiger charge is -2.16. The summed E-state index contributed by atoms with van der Waals surface area (Å²) < 4.78 is 68.1. The number of amides is 1. The van der Waals surface area contributed by atoms with Crippen LogP contribution in [0.4, 0.5) is 22.0 Å².